The highest BCUT2D eigenvalue weighted by Crippen LogP contribution is 2.34. The van der Waals surface area contributed by atoms with Crippen LogP contribution in [0.1, 0.15) is 0 Å². The van der Waals surface area contributed by atoms with Crippen molar-refractivity contribution in [2.45, 2.75) is 0 Å². The minimum Gasteiger partial charge on any atom is -0.308 e. The van der Waals surface area contributed by atoms with Crippen LogP contribution in [-0.4, -0.2) is 29.5 Å². The molecule has 0 spiro atoms. The second-order valence-electron chi connectivity index (χ2n) is 15.0. The molecule has 5 heterocycles. The van der Waals surface area contributed by atoms with Crippen LogP contribution in [0.2, 0.25) is 0 Å². The molecule has 0 fully saturated rings. The summed E-state index contributed by atoms with van der Waals surface area (Å²) in [6, 6.07) is 70.9. The molecule has 0 saturated heterocycles. The molecule has 0 radical (unpaired) electrons. The number of rotatable bonds is 8. The largest absolute Gasteiger partial charge is 0.308 e. The van der Waals surface area contributed by atoms with E-state index in [1.54, 1.807) is 0 Å². The van der Waals surface area contributed by atoms with Gasteiger partial charge in [0.1, 0.15) is 0 Å². The van der Waals surface area contributed by atoms with Crippen molar-refractivity contribution in [1.82, 2.24) is 29.5 Å². The van der Waals surface area contributed by atoms with E-state index in [1.807, 2.05) is 73.1 Å². The van der Waals surface area contributed by atoms with E-state index in [9.17, 15) is 0 Å². The van der Waals surface area contributed by atoms with Gasteiger partial charge in [-0.25, -0.2) is 15.0 Å². The highest BCUT2D eigenvalue weighted by Gasteiger charge is 2.15. The van der Waals surface area contributed by atoms with Crippen LogP contribution in [0.4, 0.5) is 0 Å². The average Bonchev–Trinajstić information content (AvgIpc) is 3.69. The Morgan fingerprint density at radius 2 is 0.738 bits per heavy atom. The number of hydrogen-bond acceptors (Lipinski definition) is 5. The SMILES string of the molecule is c1ccc(-c2cc(-c3ccc(-c4ccc(-c5cc(-c6ccccc6)nc(-c6ccccc6)n5)cc4)cn3)nc(-c3ccc(-n4c5ccccc5c5ccccc54)cn3)c2)cc1. The Bertz CT molecular complexity index is 3200. The van der Waals surface area contributed by atoms with Crippen LogP contribution in [-0.2, 0) is 0 Å². The summed E-state index contributed by atoms with van der Waals surface area (Å²) in [6.45, 7) is 0. The van der Waals surface area contributed by atoms with Crippen LogP contribution in [0.3, 0.4) is 0 Å². The molecule has 11 aromatic rings. The molecule has 286 valence electrons. The van der Waals surface area contributed by atoms with Gasteiger partial charge < -0.3 is 4.57 Å². The lowest BCUT2D eigenvalue weighted by atomic mass is 10.0. The Hall–Kier alpha value is -8.35. The van der Waals surface area contributed by atoms with Gasteiger partial charge in [-0.3, -0.25) is 9.97 Å². The lowest BCUT2D eigenvalue weighted by Crippen LogP contribution is -1.97. The zero-order chi connectivity index (χ0) is 40.5. The maximum absolute atomic E-state index is 5.15. The lowest BCUT2D eigenvalue weighted by molar-refractivity contribution is 1.13. The van der Waals surface area contributed by atoms with Gasteiger partial charge in [0.05, 0.1) is 57.1 Å². The van der Waals surface area contributed by atoms with Crippen LogP contribution in [0.25, 0.3) is 106 Å². The fraction of sp³-hybridized carbons (Fsp3) is 0. The molecule has 61 heavy (non-hydrogen) atoms. The number of fused-ring (bicyclic) bond motifs is 3. The molecule has 0 aliphatic heterocycles. The van der Waals surface area contributed by atoms with E-state index in [0.29, 0.717) is 5.82 Å². The van der Waals surface area contributed by atoms with Crippen molar-refractivity contribution in [3.63, 3.8) is 0 Å². The predicted molar refractivity (Wildman–Crippen MR) is 248 cm³/mol. The van der Waals surface area contributed by atoms with E-state index in [1.165, 1.54) is 10.8 Å². The Morgan fingerprint density at radius 1 is 0.279 bits per heavy atom. The number of pyridine rings is 3. The van der Waals surface area contributed by atoms with Crippen molar-refractivity contribution < 1.29 is 0 Å². The van der Waals surface area contributed by atoms with Crippen molar-refractivity contribution in [3.05, 3.63) is 219 Å². The molecule has 6 aromatic carbocycles. The normalized spacial score (nSPS) is 11.3. The molecule has 6 nitrogen and oxygen atoms in total. The fourth-order valence-corrected chi connectivity index (χ4v) is 8.08. The average molecular weight is 781 g/mol. The van der Waals surface area contributed by atoms with Crippen LogP contribution in [0, 0.1) is 0 Å². The highest BCUT2D eigenvalue weighted by atomic mass is 15.0. The van der Waals surface area contributed by atoms with E-state index in [2.05, 4.69) is 150 Å². The quantitative estimate of drug-likeness (QED) is 0.154. The van der Waals surface area contributed by atoms with Crippen LogP contribution in [0.5, 0.6) is 0 Å². The molecule has 0 atom stereocenters. The number of hydrogen-bond donors (Lipinski definition) is 0. The van der Waals surface area contributed by atoms with E-state index in [4.69, 9.17) is 24.9 Å². The highest BCUT2D eigenvalue weighted by molar-refractivity contribution is 6.09. The molecule has 11 rings (SSSR count). The molecule has 5 aromatic heterocycles. The summed E-state index contributed by atoms with van der Waals surface area (Å²) in [7, 11) is 0. The third-order valence-electron chi connectivity index (χ3n) is 11.1. The zero-order valence-corrected chi connectivity index (χ0v) is 33.0. The summed E-state index contributed by atoms with van der Waals surface area (Å²) in [5.41, 5.74) is 15.4. The van der Waals surface area contributed by atoms with Crippen molar-refractivity contribution in [2.75, 3.05) is 0 Å². The van der Waals surface area contributed by atoms with E-state index in [0.717, 1.165) is 89.8 Å². The van der Waals surface area contributed by atoms with Gasteiger partial charge in [-0.05, 0) is 65.2 Å². The minimum absolute atomic E-state index is 0.695. The smallest absolute Gasteiger partial charge is 0.160 e. The van der Waals surface area contributed by atoms with Crippen molar-refractivity contribution >= 4 is 21.8 Å². The molecule has 0 amide bonds. The fourth-order valence-electron chi connectivity index (χ4n) is 8.08. The lowest BCUT2D eigenvalue weighted by Gasteiger charge is -2.12. The number of aromatic nitrogens is 6. The van der Waals surface area contributed by atoms with Gasteiger partial charge >= 0.3 is 0 Å². The molecule has 0 N–H and O–H groups in total. The van der Waals surface area contributed by atoms with Crippen molar-refractivity contribution in [1.29, 1.82) is 0 Å². The molecule has 0 aliphatic rings. The maximum atomic E-state index is 5.15. The molecule has 0 bridgehead atoms. The molecule has 6 heteroatoms. The summed E-state index contributed by atoms with van der Waals surface area (Å²) in [4.78, 5) is 25.1. The summed E-state index contributed by atoms with van der Waals surface area (Å²) in [5.74, 6) is 0.695. The molecule has 0 aliphatic carbocycles. The van der Waals surface area contributed by atoms with Crippen molar-refractivity contribution in [3.8, 4) is 84.6 Å². The number of benzene rings is 6. The molecular weight excluding hydrogens is 745 g/mol. The van der Waals surface area contributed by atoms with Crippen LogP contribution in [0.15, 0.2) is 219 Å². The van der Waals surface area contributed by atoms with Crippen LogP contribution < -0.4 is 0 Å². The van der Waals surface area contributed by atoms with Gasteiger partial charge in [0.15, 0.2) is 5.82 Å². The first-order chi connectivity index (χ1) is 30.2. The standard InChI is InChI=1S/C55H36N6/c1-4-14-37(15-5-1)43-32-51(58-52(33-43)48-31-29-44(36-57-48)61-53-22-12-10-20-45(53)46-21-11-13-23-54(46)61)47-30-28-42(35-56-47)38-24-26-40(27-25-38)50-34-49(39-16-6-2-7-17-39)59-55(60-50)41-18-8-3-9-19-41/h1-36H. The summed E-state index contributed by atoms with van der Waals surface area (Å²) in [5, 5.41) is 2.44. The Balaban J connectivity index is 0.912. The van der Waals surface area contributed by atoms with Gasteiger partial charge in [0, 0.05) is 39.2 Å². The third-order valence-corrected chi connectivity index (χ3v) is 11.1. The van der Waals surface area contributed by atoms with Gasteiger partial charge in [-0.1, -0.05) is 158 Å². The molecule has 0 saturated carbocycles. The van der Waals surface area contributed by atoms with Crippen molar-refractivity contribution in [2.24, 2.45) is 0 Å². The van der Waals surface area contributed by atoms with Gasteiger partial charge in [0.25, 0.3) is 0 Å². The number of nitrogens with zero attached hydrogens (tertiary/aromatic N) is 6. The second-order valence-corrected chi connectivity index (χ2v) is 15.0. The Labute approximate surface area is 353 Å². The summed E-state index contributed by atoms with van der Waals surface area (Å²) < 4.78 is 2.28. The molecular formula is C55H36N6. The topological polar surface area (TPSA) is 69.4 Å². The Morgan fingerprint density at radius 3 is 1.30 bits per heavy atom. The first-order valence-corrected chi connectivity index (χ1v) is 20.3. The second kappa shape index (κ2) is 15.4. The third kappa shape index (κ3) is 6.92. The summed E-state index contributed by atoms with van der Waals surface area (Å²) in [6.07, 6.45) is 3.86. The van der Waals surface area contributed by atoms with E-state index >= 15 is 0 Å². The predicted octanol–water partition coefficient (Wildman–Crippen LogP) is 13.4. The van der Waals surface area contributed by atoms with Gasteiger partial charge in [0.2, 0.25) is 0 Å². The van der Waals surface area contributed by atoms with E-state index < -0.39 is 0 Å². The zero-order valence-electron chi connectivity index (χ0n) is 33.0. The van der Waals surface area contributed by atoms with Gasteiger partial charge in [-0.15, -0.1) is 0 Å². The van der Waals surface area contributed by atoms with Crippen LogP contribution >= 0.6 is 0 Å². The Kier molecular flexibility index (Phi) is 9.06. The number of para-hydroxylation sites is 2. The maximum Gasteiger partial charge on any atom is 0.160 e. The first-order valence-electron chi connectivity index (χ1n) is 20.3. The monoisotopic (exact) mass is 780 g/mol. The van der Waals surface area contributed by atoms with Gasteiger partial charge in [-0.2, -0.15) is 0 Å². The molecule has 0 unspecified atom stereocenters. The first kappa shape index (κ1) is 35.8. The van der Waals surface area contributed by atoms with E-state index in [-0.39, 0.29) is 0 Å². The minimum atomic E-state index is 0.695. The summed E-state index contributed by atoms with van der Waals surface area (Å²) >= 11 is 0.